The molecule has 0 N–H and O–H groups in total. The second-order valence-corrected chi connectivity index (χ2v) is 6.18. The van der Waals surface area contributed by atoms with Crippen LogP contribution >= 0.6 is 11.3 Å². The van der Waals surface area contributed by atoms with E-state index in [9.17, 15) is 0 Å². The summed E-state index contributed by atoms with van der Waals surface area (Å²) in [5.41, 5.74) is 5.13. The maximum atomic E-state index is 4.73. The number of allylic oxidation sites excluding steroid dienone is 1. The van der Waals surface area contributed by atoms with Crippen molar-refractivity contribution in [3.8, 4) is 0 Å². The normalized spacial score (nSPS) is 19.2. The zero-order valence-electron chi connectivity index (χ0n) is 10.5. The summed E-state index contributed by atoms with van der Waals surface area (Å²) < 4.78 is 2.31. The highest BCUT2D eigenvalue weighted by molar-refractivity contribution is 7.17. The molecule has 1 aliphatic rings. The van der Waals surface area contributed by atoms with Crippen LogP contribution in [0.1, 0.15) is 36.8 Å². The van der Waals surface area contributed by atoms with E-state index in [2.05, 4.69) is 48.6 Å². The molecule has 0 fully saturated rings. The maximum absolute atomic E-state index is 4.73. The number of hydrogen-bond acceptors (Lipinski definition) is 2. The molecule has 0 spiro atoms. The minimum atomic E-state index is 0.621. The second kappa shape index (κ2) is 3.45. The summed E-state index contributed by atoms with van der Waals surface area (Å²) in [5.74, 6) is 0.621. The third-order valence-corrected chi connectivity index (χ3v) is 4.97. The number of aromatic nitrogens is 2. The summed E-state index contributed by atoms with van der Waals surface area (Å²) in [6.07, 6.45) is 3.50. The monoisotopic (exact) mass is 254 g/mol. The van der Waals surface area contributed by atoms with Crippen LogP contribution in [-0.2, 0) is 0 Å². The zero-order chi connectivity index (χ0) is 12.3. The molecule has 2 nitrogen and oxygen atoms in total. The lowest BCUT2D eigenvalue weighted by molar-refractivity contribution is 0.752. The van der Waals surface area contributed by atoms with Gasteiger partial charge < -0.3 is 0 Å². The fourth-order valence-electron chi connectivity index (χ4n) is 2.92. The van der Waals surface area contributed by atoms with Crippen LogP contribution < -0.4 is 0 Å². The van der Waals surface area contributed by atoms with Crippen LogP contribution in [0.25, 0.3) is 22.1 Å². The average molecular weight is 254 g/mol. The molecular weight excluding hydrogens is 240 g/mol. The van der Waals surface area contributed by atoms with E-state index in [-0.39, 0.29) is 0 Å². The van der Waals surface area contributed by atoms with Gasteiger partial charge in [0.25, 0.3) is 0 Å². The second-order valence-electron chi connectivity index (χ2n) is 5.17. The van der Waals surface area contributed by atoms with E-state index in [1.54, 1.807) is 0 Å². The number of fused-ring (bicyclic) bond motifs is 5. The molecule has 0 saturated heterocycles. The van der Waals surface area contributed by atoms with Gasteiger partial charge in [-0.2, -0.15) is 0 Å². The van der Waals surface area contributed by atoms with Crippen molar-refractivity contribution in [3.05, 3.63) is 40.4 Å². The fourth-order valence-corrected chi connectivity index (χ4v) is 4.09. The summed E-state index contributed by atoms with van der Waals surface area (Å²) in [6.45, 7) is 4.54. The van der Waals surface area contributed by atoms with Gasteiger partial charge in [0.1, 0.15) is 0 Å². The van der Waals surface area contributed by atoms with Gasteiger partial charge in [0.05, 0.1) is 16.7 Å². The van der Waals surface area contributed by atoms with Crippen molar-refractivity contribution >= 4 is 33.4 Å². The van der Waals surface area contributed by atoms with E-state index >= 15 is 0 Å². The molecule has 2 aromatic heterocycles. The third kappa shape index (κ3) is 1.25. The minimum absolute atomic E-state index is 0.621. The molecule has 0 amide bonds. The van der Waals surface area contributed by atoms with E-state index in [4.69, 9.17) is 4.98 Å². The van der Waals surface area contributed by atoms with Gasteiger partial charge in [0.2, 0.25) is 0 Å². The van der Waals surface area contributed by atoms with Gasteiger partial charge in [0.15, 0.2) is 4.96 Å². The number of thiazole rings is 1. The number of hydrogen-bond donors (Lipinski definition) is 0. The zero-order valence-corrected chi connectivity index (χ0v) is 11.3. The van der Waals surface area contributed by atoms with E-state index in [0.717, 1.165) is 10.5 Å². The standard InChI is InChI=1S/C15H14N2S/c1-9-7-10(2)14-13(8-9)17-12-6-4-3-5-11(12)16-15(17)18-14/h3-6,8,10H,7H2,1-2H3. The molecule has 1 aromatic carbocycles. The van der Waals surface area contributed by atoms with Crippen LogP contribution in [0.2, 0.25) is 0 Å². The summed E-state index contributed by atoms with van der Waals surface area (Å²) in [7, 11) is 0. The Morgan fingerprint density at radius 3 is 3.06 bits per heavy atom. The predicted molar refractivity (Wildman–Crippen MR) is 77.3 cm³/mol. The Hall–Kier alpha value is -1.61. The van der Waals surface area contributed by atoms with E-state index < -0.39 is 0 Å². The molecular formula is C15H14N2S. The average Bonchev–Trinajstić information content (AvgIpc) is 2.85. The lowest BCUT2D eigenvalue weighted by atomic mass is 9.93. The molecule has 2 heterocycles. The first-order valence-corrected chi connectivity index (χ1v) is 7.13. The highest BCUT2D eigenvalue weighted by atomic mass is 32.1. The Kier molecular flexibility index (Phi) is 1.98. The molecule has 4 rings (SSSR count). The SMILES string of the molecule is CC1=Cc2c(sc3nc4ccccc4n23)C(C)C1. The Labute approximate surface area is 110 Å². The lowest BCUT2D eigenvalue weighted by Crippen LogP contribution is -2.01. The lowest BCUT2D eigenvalue weighted by Gasteiger charge is -2.16. The predicted octanol–water partition coefficient (Wildman–Crippen LogP) is 4.46. The minimum Gasteiger partial charge on any atom is -0.283 e. The number of imidazole rings is 1. The van der Waals surface area contributed by atoms with Crippen molar-refractivity contribution < 1.29 is 0 Å². The van der Waals surface area contributed by atoms with Gasteiger partial charge in [-0.3, -0.25) is 4.40 Å². The summed E-state index contributed by atoms with van der Waals surface area (Å²) in [5, 5.41) is 0. The largest absolute Gasteiger partial charge is 0.283 e. The Bertz CT molecular complexity index is 791. The molecule has 0 saturated carbocycles. The van der Waals surface area contributed by atoms with E-state index in [0.29, 0.717) is 5.92 Å². The van der Waals surface area contributed by atoms with Crippen LogP contribution in [0.15, 0.2) is 29.8 Å². The molecule has 0 bridgehead atoms. The highest BCUT2D eigenvalue weighted by Crippen LogP contribution is 2.40. The van der Waals surface area contributed by atoms with Crippen molar-refractivity contribution in [2.45, 2.75) is 26.2 Å². The number of rotatable bonds is 0. The van der Waals surface area contributed by atoms with Crippen molar-refractivity contribution in [2.24, 2.45) is 0 Å². The molecule has 1 aliphatic carbocycles. The van der Waals surface area contributed by atoms with Crippen molar-refractivity contribution in [1.29, 1.82) is 0 Å². The van der Waals surface area contributed by atoms with Gasteiger partial charge in [0, 0.05) is 4.88 Å². The van der Waals surface area contributed by atoms with Crippen LogP contribution in [0.3, 0.4) is 0 Å². The fraction of sp³-hybridized carbons (Fsp3) is 0.267. The van der Waals surface area contributed by atoms with Crippen LogP contribution in [0.5, 0.6) is 0 Å². The molecule has 0 radical (unpaired) electrons. The summed E-state index contributed by atoms with van der Waals surface area (Å²) in [4.78, 5) is 7.34. The molecule has 3 aromatic rings. The van der Waals surface area contributed by atoms with Crippen LogP contribution in [0.4, 0.5) is 0 Å². The van der Waals surface area contributed by atoms with Gasteiger partial charge in [-0.25, -0.2) is 4.98 Å². The van der Waals surface area contributed by atoms with Crippen molar-refractivity contribution in [1.82, 2.24) is 9.38 Å². The van der Waals surface area contributed by atoms with Gasteiger partial charge in [-0.1, -0.05) is 24.6 Å². The van der Waals surface area contributed by atoms with Gasteiger partial charge in [-0.15, -0.1) is 11.3 Å². The first-order valence-electron chi connectivity index (χ1n) is 6.31. The first-order chi connectivity index (χ1) is 8.74. The number of nitrogens with zero attached hydrogens (tertiary/aromatic N) is 2. The Morgan fingerprint density at radius 1 is 1.33 bits per heavy atom. The smallest absolute Gasteiger partial charge is 0.195 e. The quantitative estimate of drug-likeness (QED) is 0.579. The third-order valence-electron chi connectivity index (χ3n) is 3.68. The maximum Gasteiger partial charge on any atom is 0.195 e. The van der Waals surface area contributed by atoms with Crippen molar-refractivity contribution in [2.75, 3.05) is 0 Å². The summed E-state index contributed by atoms with van der Waals surface area (Å²) in [6, 6.07) is 8.38. The van der Waals surface area contributed by atoms with Crippen LogP contribution in [-0.4, -0.2) is 9.38 Å². The molecule has 1 atom stereocenters. The van der Waals surface area contributed by atoms with Gasteiger partial charge in [-0.05, 0) is 37.5 Å². The number of benzene rings is 1. The number of para-hydroxylation sites is 2. The first kappa shape index (κ1) is 10.3. The van der Waals surface area contributed by atoms with Crippen LogP contribution in [0, 0.1) is 0 Å². The molecule has 0 aliphatic heterocycles. The van der Waals surface area contributed by atoms with E-state index in [1.807, 2.05) is 11.3 Å². The molecule has 1 unspecified atom stereocenters. The topological polar surface area (TPSA) is 17.3 Å². The molecule has 90 valence electrons. The molecule has 3 heteroatoms. The highest BCUT2D eigenvalue weighted by Gasteiger charge is 2.22. The molecule has 18 heavy (non-hydrogen) atoms. The van der Waals surface area contributed by atoms with Gasteiger partial charge >= 0.3 is 0 Å². The summed E-state index contributed by atoms with van der Waals surface area (Å²) >= 11 is 1.84. The van der Waals surface area contributed by atoms with Crippen molar-refractivity contribution in [3.63, 3.8) is 0 Å². The Morgan fingerprint density at radius 2 is 2.17 bits per heavy atom. The Balaban J connectivity index is 2.18. The van der Waals surface area contributed by atoms with E-state index in [1.165, 1.54) is 28.1 Å².